The number of aromatic nitrogens is 1. The summed E-state index contributed by atoms with van der Waals surface area (Å²) in [5.41, 5.74) is 0. The van der Waals surface area contributed by atoms with Crippen molar-refractivity contribution in [1.29, 1.82) is 0 Å². The van der Waals surface area contributed by atoms with E-state index in [0.717, 1.165) is 10.7 Å². The first-order valence-electron chi connectivity index (χ1n) is 3.05. The topological polar surface area (TPSA) is 37.0 Å². The zero-order valence-electron chi connectivity index (χ0n) is 5.50. The molecule has 0 atom stereocenters. The highest BCUT2D eigenvalue weighted by Crippen LogP contribution is 2.25. The minimum atomic E-state index is 0.612. The predicted octanol–water partition coefficient (Wildman–Crippen LogP) is 1.39. The number of pyridine rings is 1. The number of rotatable bonds is 0. The highest BCUT2D eigenvalue weighted by atomic mass is 32.2. The Morgan fingerprint density at radius 1 is 1.55 bits per heavy atom. The first-order valence-corrected chi connectivity index (χ1v) is 4.27. The standard InChI is InChI=1S/C6H5N3S2/c10-6-8-5-4(11-9-6)2-1-3-7-5/h1-3H,(H2,7,8,9,10). The van der Waals surface area contributed by atoms with Gasteiger partial charge in [0.15, 0.2) is 5.11 Å². The summed E-state index contributed by atoms with van der Waals surface area (Å²) >= 11 is 6.38. The van der Waals surface area contributed by atoms with Crippen molar-refractivity contribution in [2.45, 2.75) is 4.90 Å². The number of hydrogen-bond acceptors (Lipinski definition) is 3. The summed E-state index contributed by atoms with van der Waals surface area (Å²) < 4.78 is 2.94. The third-order valence-corrected chi connectivity index (χ3v) is 2.45. The molecule has 0 saturated carbocycles. The Morgan fingerprint density at radius 3 is 3.36 bits per heavy atom. The third-order valence-electron chi connectivity index (χ3n) is 1.26. The largest absolute Gasteiger partial charge is 0.316 e. The number of thiocarbonyl (C=S) groups is 1. The van der Waals surface area contributed by atoms with E-state index >= 15 is 0 Å². The van der Waals surface area contributed by atoms with Gasteiger partial charge in [0, 0.05) is 6.20 Å². The Bertz CT molecular complexity index is 300. The van der Waals surface area contributed by atoms with Gasteiger partial charge in [-0.1, -0.05) is 0 Å². The Balaban J connectivity index is 2.41. The molecule has 0 spiro atoms. The average molecular weight is 183 g/mol. The van der Waals surface area contributed by atoms with Crippen LogP contribution in [0.1, 0.15) is 0 Å². The summed E-state index contributed by atoms with van der Waals surface area (Å²) in [6, 6.07) is 3.87. The minimum absolute atomic E-state index is 0.612. The van der Waals surface area contributed by atoms with E-state index in [-0.39, 0.29) is 0 Å². The zero-order chi connectivity index (χ0) is 7.68. The molecular weight excluding hydrogens is 178 g/mol. The molecule has 1 aliphatic heterocycles. The van der Waals surface area contributed by atoms with E-state index in [4.69, 9.17) is 12.2 Å². The van der Waals surface area contributed by atoms with E-state index < -0.39 is 0 Å². The van der Waals surface area contributed by atoms with Crippen molar-refractivity contribution in [3.8, 4) is 0 Å². The summed E-state index contributed by atoms with van der Waals surface area (Å²) in [5.74, 6) is 0.834. The van der Waals surface area contributed by atoms with Gasteiger partial charge in [0.25, 0.3) is 0 Å². The summed E-state index contributed by atoms with van der Waals surface area (Å²) in [4.78, 5) is 5.18. The van der Waals surface area contributed by atoms with Crippen LogP contribution < -0.4 is 10.0 Å². The van der Waals surface area contributed by atoms with E-state index in [1.165, 1.54) is 11.9 Å². The van der Waals surface area contributed by atoms with Crippen LogP contribution in [0.15, 0.2) is 23.2 Å². The van der Waals surface area contributed by atoms with Crippen molar-refractivity contribution in [3.05, 3.63) is 18.3 Å². The van der Waals surface area contributed by atoms with Crippen LogP contribution in [0.25, 0.3) is 0 Å². The molecule has 2 heterocycles. The van der Waals surface area contributed by atoms with Gasteiger partial charge < -0.3 is 10.0 Å². The quantitative estimate of drug-likeness (QED) is 0.469. The van der Waals surface area contributed by atoms with Gasteiger partial charge in [-0.25, -0.2) is 4.98 Å². The molecule has 5 heteroatoms. The number of fused-ring (bicyclic) bond motifs is 1. The fourth-order valence-electron chi connectivity index (χ4n) is 0.801. The average Bonchev–Trinajstić information content (AvgIpc) is 2.04. The molecule has 0 radical (unpaired) electrons. The Kier molecular flexibility index (Phi) is 1.67. The predicted molar refractivity (Wildman–Crippen MR) is 49.5 cm³/mol. The molecular formula is C6H5N3S2. The smallest absolute Gasteiger partial charge is 0.182 e. The molecule has 56 valence electrons. The molecule has 1 aromatic heterocycles. The molecule has 0 aromatic carbocycles. The van der Waals surface area contributed by atoms with Crippen molar-refractivity contribution in [2.24, 2.45) is 0 Å². The Hall–Kier alpha value is -0.810. The van der Waals surface area contributed by atoms with Gasteiger partial charge in [-0.3, -0.25) is 0 Å². The van der Waals surface area contributed by atoms with Gasteiger partial charge in [0.2, 0.25) is 0 Å². The number of hydrogen-bond donors (Lipinski definition) is 2. The molecule has 0 bridgehead atoms. The van der Waals surface area contributed by atoms with Crippen LogP contribution in [0.5, 0.6) is 0 Å². The summed E-state index contributed by atoms with van der Waals surface area (Å²) in [5, 5.41) is 3.56. The third kappa shape index (κ3) is 1.29. The van der Waals surface area contributed by atoms with Gasteiger partial charge in [0.1, 0.15) is 5.82 Å². The highest BCUT2D eigenvalue weighted by molar-refractivity contribution is 7.99. The van der Waals surface area contributed by atoms with Crippen LogP contribution in [-0.2, 0) is 0 Å². The van der Waals surface area contributed by atoms with Crippen LogP contribution in [0, 0.1) is 0 Å². The van der Waals surface area contributed by atoms with Crippen LogP contribution in [-0.4, -0.2) is 10.1 Å². The first-order chi connectivity index (χ1) is 5.36. The van der Waals surface area contributed by atoms with Gasteiger partial charge >= 0.3 is 0 Å². The van der Waals surface area contributed by atoms with E-state index in [0.29, 0.717) is 5.11 Å². The summed E-state index contributed by atoms with van der Waals surface area (Å²) in [7, 11) is 0. The molecule has 0 saturated heterocycles. The van der Waals surface area contributed by atoms with Gasteiger partial charge in [-0.05, 0) is 36.3 Å². The lowest BCUT2D eigenvalue weighted by Crippen LogP contribution is -2.27. The highest BCUT2D eigenvalue weighted by Gasteiger charge is 2.11. The fourth-order valence-corrected chi connectivity index (χ4v) is 1.62. The van der Waals surface area contributed by atoms with Crippen molar-refractivity contribution in [1.82, 2.24) is 9.71 Å². The number of nitrogens with zero attached hydrogens (tertiary/aromatic N) is 1. The van der Waals surface area contributed by atoms with E-state index in [2.05, 4.69) is 15.0 Å². The SMILES string of the molecule is S=C1NSc2cccnc2N1. The molecule has 2 rings (SSSR count). The van der Waals surface area contributed by atoms with Crippen LogP contribution >= 0.6 is 24.2 Å². The summed E-state index contributed by atoms with van der Waals surface area (Å²) in [6.07, 6.45) is 1.74. The molecule has 3 nitrogen and oxygen atoms in total. The molecule has 1 aliphatic rings. The van der Waals surface area contributed by atoms with Gasteiger partial charge in [-0.15, -0.1) is 0 Å². The van der Waals surface area contributed by atoms with Crippen LogP contribution in [0.3, 0.4) is 0 Å². The molecule has 2 N–H and O–H groups in total. The Morgan fingerprint density at radius 2 is 2.45 bits per heavy atom. The van der Waals surface area contributed by atoms with Crippen molar-refractivity contribution in [3.63, 3.8) is 0 Å². The zero-order valence-corrected chi connectivity index (χ0v) is 7.13. The molecule has 0 aliphatic carbocycles. The Labute approximate surface area is 73.7 Å². The molecule has 0 amide bonds. The van der Waals surface area contributed by atoms with Crippen LogP contribution in [0.2, 0.25) is 0 Å². The monoisotopic (exact) mass is 183 g/mol. The summed E-state index contributed by atoms with van der Waals surface area (Å²) in [6.45, 7) is 0. The number of nitrogens with one attached hydrogen (secondary N) is 2. The fraction of sp³-hybridized carbons (Fsp3) is 0. The maximum absolute atomic E-state index is 4.90. The second-order valence-corrected chi connectivity index (χ2v) is 3.26. The maximum Gasteiger partial charge on any atom is 0.182 e. The van der Waals surface area contributed by atoms with Gasteiger partial charge in [0.05, 0.1) is 4.90 Å². The van der Waals surface area contributed by atoms with Crippen LogP contribution in [0.4, 0.5) is 5.82 Å². The van der Waals surface area contributed by atoms with E-state index in [1.807, 2.05) is 12.1 Å². The maximum atomic E-state index is 4.90. The van der Waals surface area contributed by atoms with E-state index in [9.17, 15) is 0 Å². The lowest BCUT2D eigenvalue weighted by molar-refractivity contribution is 1.21. The molecule has 0 fully saturated rings. The number of anilines is 1. The minimum Gasteiger partial charge on any atom is -0.316 e. The van der Waals surface area contributed by atoms with Crippen molar-refractivity contribution >= 4 is 35.1 Å². The molecule has 11 heavy (non-hydrogen) atoms. The molecule has 0 unspecified atom stereocenters. The van der Waals surface area contributed by atoms with Crippen molar-refractivity contribution < 1.29 is 0 Å². The van der Waals surface area contributed by atoms with Crippen molar-refractivity contribution in [2.75, 3.05) is 5.32 Å². The first kappa shape index (κ1) is 6.87. The second-order valence-electron chi connectivity index (χ2n) is 2.01. The lowest BCUT2D eigenvalue weighted by Gasteiger charge is -2.17. The van der Waals surface area contributed by atoms with Gasteiger partial charge in [-0.2, -0.15) is 0 Å². The normalized spacial score (nSPS) is 14.7. The molecule has 1 aromatic rings. The lowest BCUT2D eigenvalue weighted by atomic mass is 10.4. The van der Waals surface area contributed by atoms with E-state index in [1.54, 1.807) is 6.20 Å². The second kappa shape index (κ2) is 2.67.